The predicted octanol–water partition coefficient (Wildman–Crippen LogP) is 1.93. The largest absolute Gasteiger partial charge is 0.372 e. The number of rotatable bonds is 4. The summed E-state index contributed by atoms with van der Waals surface area (Å²) in [5, 5.41) is 7.54. The molecule has 2 atom stereocenters. The van der Waals surface area contributed by atoms with E-state index in [2.05, 4.69) is 29.2 Å². The van der Waals surface area contributed by atoms with E-state index in [4.69, 9.17) is 4.74 Å². The molecule has 0 spiro atoms. The Morgan fingerprint density at radius 2 is 2.21 bits per heavy atom. The Morgan fingerprint density at radius 1 is 1.42 bits per heavy atom. The molecule has 0 saturated carbocycles. The van der Waals surface area contributed by atoms with Crippen LogP contribution in [-0.2, 0) is 18.8 Å². The van der Waals surface area contributed by atoms with Crippen LogP contribution >= 0.6 is 0 Å². The van der Waals surface area contributed by atoms with Gasteiger partial charge in [0.05, 0.1) is 23.9 Å². The van der Waals surface area contributed by atoms with Gasteiger partial charge in [-0.15, -0.1) is 0 Å². The second-order valence-electron chi connectivity index (χ2n) is 6.72. The third-order valence-corrected chi connectivity index (χ3v) is 4.53. The van der Waals surface area contributed by atoms with Crippen LogP contribution in [0.15, 0.2) is 18.6 Å². The molecule has 3 heterocycles. The van der Waals surface area contributed by atoms with Crippen molar-refractivity contribution < 1.29 is 9.53 Å². The Morgan fingerprint density at radius 3 is 2.83 bits per heavy atom. The molecule has 1 aliphatic heterocycles. The van der Waals surface area contributed by atoms with Crippen LogP contribution in [0.4, 0.5) is 0 Å². The molecule has 1 fully saturated rings. The summed E-state index contributed by atoms with van der Waals surface area (Å²) in [5.41, 5.74) is 2.57. The van der Waals surface area contributed by atoms with Gasteiger partial charge >= 0.3 is 0 Å². The number of nitrogens with zero attached hydrogens (tertiary/aromatic N) is 4. The summed E-state index contributed by atoms with van der Waals surface area (Å²) in [6.07, 6.45) is 5.12. The fraction of sp³-hybridized carbons (Fsp3) is 0.588. The van der Waals surface area contributed by atoms with E-state index in [0.29, 0.717) is 18.2 Å². The summed E-state index contributed by atoms with van der Waals surface area (Å²) in [6.45, 7) is 4.77. The third-order valence-electron chi connectivity index (χ3n) is 4.53. The molecule has 0 aromatic carbocycles. The van der Waals surface area contributed by atoms with Crippen LogP contribution in [0.5, 0.6) is 0 Å². The second-order valence-corrected chi connectivity index (χ2v) is 6.72. The fourth-order valence-corrected chi connectivity index (χ4v) is 3.06. The van der Waals surface area contributed by atoms with Crippen LogP contribution in [0.3, 0.4) is 0 Å². The summed E-state index contributed by atoms with van der Waals surface area (Å²) < 4.78 is 9.47. The molecule has 0 unspecified atom stereocenters. The monoisotopic (exact) mass is 331 g/mol. The van der Waals surface area contributed by atoms with Crippen molar-refractivity contribution in [2.75, 3.05) is 6.61 Å². The van der Waals surface area contributed by atoms with Crippen molar-refractivity contribution >= 4 is 5.91 Å². The molecule has 1 N–H and O–H groups in total. The quantitative estimate of drug-likeness (QED) is 0.929. The molecule has 0 aliphatic carbocycles. The molecule has 2 aromatic rings. The van der Waals surface area contributed by atoms with Gasteiger partial charge in [-0.2, -0.15) is 5.10 Å². The Balaban J connectivity index is 1.67. The number of aryl methyl sites for hydroxylation is 2. The number of aromatic nitrogens is 4. The number of amides is 1. The minimum Gasteiger partial charge on any atom is -0.372 e. The second kappa shape index (κ2) is 6.76. The molecule has 2 aromatic heterocycles. The molecule has 1 saturated heterocycles. The lowest BCUT2D eigenvalue weighted by Gasteiger charge is -2.30. The molecule has 7 nitrogen and oxygen atoms in total. The third kappa shape index (κ3) is 3.36. The zero-order chi connectivity index (χ0) is 17.3. The maximum atomic E-state index is 12.6. The highest BCUT2D eigenvalue weighted by atomic mass is 16.5. The summed E-state index contributed by atoms with van der Waals surface area (Å²) in [6, 6.07) is 1.96. The fourth-order valence-electron chi connectivity index (χ4n) is 3.06. The Labute approximate surface area is 142 Å². The van der Waals surface area contributed by atoms with E-state index in [9.17, 15) is 4.79 Å². The minimum absolute atomic E-state index is 0.0330. The molecule has 24 heavy (non-hydrogen) atoms. The Kier molecular flexibility index (Phi) is 4.71. The minimum atomic E-state index is -0.0763. The van der Waals surface area contributed by atoms with Gasteiger partial charge in [0.2, 0.25) is 0 Å². The van der Waals surface area contributed by atoms with E-state index < -0.39 is 0 Å². The number of nitrogens with one attached hydrogen (secondary N) is 1. The number of hydrogen-bond acceptors (Lipinski definition) is 4. The smallest absolute Gasteiger partial charge is 0.269 e. The van der Waals surface area contributed by atoms with Crippen LogP contribution in [0, 0.1) is 0 Å². The molecular formula is C17H25N5O2. The average molecular weight is 331 g/mol. The van der Waals surface area contributed by atoms with E-state index in [1.165, 1.54) is 0 Å². The van der Waals surface area contributed by atoms with Crippen LogP contribution in [0.2, 0.25) is 0 Å². The van der Waals surface area contributed by atoms with Crippen molar-refractivity contribution in [1.82, 2.24) is 24.6 Å². The predicted molar refractivity (Wildman–Crippen MR) is 89.7 cm³/mol. The first-order valence-corrected chi connectivity index (χ1v) is 8.38. The number of carbonyl (C=O) groups is 1. The summed E-state index contributed by atoms with van der Waals surface area (Å²) >= 11 is 0. The van der Waals surface area contributed by atoms with Crippen LogP contribution in [-0.4, -0.2) is 37.9 Å². The van der Waals surface area contributed by atoms with Crippen molar-refractivity contribution in [1.29, 1.82) is 0 Å². The lowest BCUT2D eigenvalue weighted by molar-refractivity contribution is -0.00307. The molecule has 1 aliphatic rings. The highest BCUT2D eigenvalue weighted by molar-refractivity contribution is 5.92. The van der Waals surface area contributed by atoms with E-state index in [-0.39, 0.29) is 18.1 Å². The van der Waals surface area contributed by atoms with Gasteiger partial charge in [-0.3, -0.25) is 9.48 Å². The van der Waals surface area contributed by atoms with Gasteiger partial charge in [0.15, 0.2) is 0 Å². The van der Waals surface area contributed by atoms with Gasteiger partial charge in [-0.25, -0.2) is 4.98 Å². The normalized spacial score (nSPS) is 21.2. The Hall–Kier alpha value is -2.15. The SMILES string of the molecule is CC(C)c1cc(C(=O)N[C@@H]2CCO[C@H](c3cncn3C)C2)n(C)n1. The number of hydrogen-bond donors (Lipinski definition) is 1. The maximum absolute atomic E-state index is 12.6. The zero-order valence-electron chi connectivity index (χ0n) is 14.7. The van der Waals surface area contributed by atoms with E-state index in [1.807, 2.05) is 30.9 Å². The first kappa shape index (κ1) is 16.7. The molecule has 0 bridgehead atoms. The summed E-state index contributed by atoms with van der Waals surface area (Å²) in [7, 11) is 3.76. The van der Waals surface area contributed by atoms with Crippen LogP contribution in [0.25, 0.3) is 0 Å². The number of ether oxygens (including phenoxy) is 1. The summed E-state index contributed by atoms with van der Waals surface area (Å²) in [5.74, 6) is 0.225. The maximum Gasteiger partial charge on any atom is 0.269 e. The first-order valence-electron chi connectivity index (χ1n) is 8.38. The van der Waals surface area contributed by atoms with Gasteiger partial charge in [0, 0.05) is 26.7 Å². The molecule has 0 radical (unpaired) electrons. The van der Waals surface area contributed by atoms with Crippen LogP contribution in [0.1, 0.15) is 60.6 Å². The van der Waals surface area contributed by atoms with Gasteiger partial charge < -0.3 is 14.6 Å². The zero-order valence-corrected chi connectivity index (χ0v) is 14.7. The van der Waals surface area contributed by atoms with E-state index >= 15 is 0 Å². The van der Waals surface area contributed by atoms with Crippen molar-refractivity contribution in [2.24, 2.45) is 14.1 Å². The first-order chi connectivity index (χ1) is 11.5. The molecule has 3 rings (SSSR count). The van der Waals surface area contributed by atoms with E-state index in [0.717, 1.165) is 24.2 Å². The lowest BCUT2D eigenvalue weighted by Crippen LogP contribution is -2.40. The molecular weight excluding hydrogens is 306 g/mol. The number of imidazole rings is 1. The van der Waals surface area contributed by atoms with Gasteiger partial charge in [0.1, 0.15) is 11.8 Å². The standard InChI is InChI=1S/C17H25N5O2/c1-11(2)13-8-14(22(4)20-13)17(23)19-12-5-6-24-16(7-12)15-9-18-10-21(15)3/h8-12,16H,5-7H2,1-4H3,(H,19,23)/t12-,16+/m1/s1. The van der Waals surface area contributed by atoms with Crippen molar-refractivity contribution in [3.05, 3.63) is 35.7 Å². The lowest BCUT2D eigenvalue weighted by atomic mass is 10.0. The van der Waals surface area contributed by atoms with E-state index in [1.54, 1.807) is 11.0 Å². The van der Waals surface area contributed by atoms with Gasteiger partial charge in [-0.1, -0.05) is 13.8 Å². The number of carbonyl (C=O) groups excluding carboxylic acids is 1. The van der Waals surface area contributed by atoms with Gasteiger partial charge in [-0.05, 0) is 24.8 Å². The van der Waals surface area contributed by atoms with Crippen molar-refractivity contribution in [3.8, 4) is 0 Å². The highest BCUT2D eigenvalue weighted by Gasteiger charge is 2.28. The molecule has 1 amide bonds. The van der Waals surface area contributed by atoms with Crippen molar-refractivity contribution in [2.45, 2.75) is 44.8 Å². The summed E-state index contributed by atoms with van der Waals surface area (Å²) in [4.78, 5) is 16.7. The Bertz CT molecular complexity index is 718. The topological polar surface area (TPSA) is 74.0 Å². The van der Waals surface area contributed by atoms with Gasteiger partial charge in [0.25, 0.3) is 5.91 Å². The average Bonchev–Trinajstić information content (AvgIpc) is 3.13. The van der Waals surface area contributed by atoms with Crippen molar-refractivity contribution in [3.63, 3.8) is 0 Å². The highest BCUT2D eigenvalue weighted by Crippen LogP contribution is 2.27. The van der Waals surface area contributed by atoms with Crippen LogP contribution < -0.4 is 5.32 Å². The molecule has 130 valence electrons. The molecule has 7 heteroatoms.